The molecule has 0 aliphatic rings. The van der Waals surface area contributed by atoms with Gasteiger partial charge in [0.05, 0.1) is 26.4 Å². The highest BCUT2D eigenvalue weighted by Crippen LogP contribution is 2.43. The maximum atomic E-state index is 12.5. The molecule has 0 saturated carbocycles. The lowest BCUT2D eigenvalue weighted by atomic mass is 10.1. The number of esters is 1. The molecule has 0 amide bonds. The van der Waals surface area contributed by atoms with Crippen LogP contribution < -0.4 is 0 Å². The molecule has 0 bridgehead atoms. The first-order chi connectivity index (χ1) is 22.3. The van der Waals surface area contributed by atoms with Crippen molar-refractivity contribution in [2.45, 2.75) is 154 Å². The fourth-order valence-corrected chi connectivity index (χ4v) is 5.28. The van der Waals surface area contributed by atoms with Crippen LogP contribution in [0.15, 0.2) is 36.5 Å². The Balaban J connectivity index is 4.27. The van der Waals surface area contributed by atoms with Crippen LogP contribution >= 0.6 is 7.82 Å². The SMILES string of the molecule is CCC/C=C\CCCCCCCC(=O)OC(COCCCCCCCC/C=C\C/C=C\CCCC)COP(=O)(O)OCC(O)CO. The van der Waals surface area contributed by atoms with Crippen LogP contribution in [-0.2, 0) is 27.9 Å². The van der Waals surface area contributed by atoms with Gasteiger partial charge in [0.1, 0.15) is 12.2 Å². The van der Waals surface area contributed by atoms with Gasteiger partial charge in [-0.2, -0.15) is 0 Å². The zero-order chi connectivity index (χ0) is 34.0. The van der Waals surface area contributed by atoms with E-state index in [0.717, 1.165) is 70.6 Å². The lowest BCUT2D eigenvalue weighted by Gasteiger charge is -2.20. The van der Waals surface area contributed by atoms with E-state index in [1.54, 1.807) is 0 Å². The summed E-state index contributed by atoms with van der Waals surface area (Å²) in [4.78, 5) is 22.4. The number of ether oxygens (including phenoxy) is 2. The molecular formula is C36H67O9P. The van der Waals surface area contributed by atoms with Crippen molar-refractivity contribution >= 4 is 13.8 Å². The Morgan fingerprint density at radius 3 is 1.85 bits per heavy atom. The standard InChI is InChI=1S/C36H67O9P/c1-3-5-7-9-11-13-15-16-17-18-19-21-23-25-27-29-42-32-35(33-44-46(40,41)43-31-34(38)30-37)45-36(39)28-26-24-22-20-14-12-10-8-6-4-2/h8-11,15-16,34-35,37-38H,3-7,12-14,17-33H2,1-2H3,(H,40,41)/b10-8-,11-9-,16-15-. The average molecular weight is 675 g/mol. The van der Waals surface area contributed by atoms with Gasteiger partial charge in [0.2, 0.25) is 0 Å². The monoisotopic (exact) mass is 674 g/mol. The van der Waals surface area contributed by atoms with Gasteiger partial charge in [-0.1, -0.05) is 115 Å². The van der Waals surface area contributed by atoms with Crippen molar-refractivity contribution in [1.29, 1.82) is 0 Å². The van der Waals surface area contributed by atoms with Crippen LogP contribution in [0.5, 0.6) is 0 Å². The molecule has 0 spiro atoms. The highest BCUT2D eigenvalue weighted by atomic mass is 31.2. The maximum Gasteiger partial charge on any atom is 0.472 e. The van der Waals surface area contributed by atoms with E-state index in [0.29, 0.717) is 13.0 Å². The van der Waals surface area contributed by atoms with Crippen molar-refractivity contribution < 1.29 is 43.0 Å². The lowest BCUT2D eigenvalue weighted by molar-refractivity contribution is -0.154. The summed E-state index contributed by atoms with van der Waals surface area (Å²) in [5.74, 6) is -0.401. The van der Waals surface area contributed by atoms with Crippen molar-refractivity contribution in [1.82, 2.24) is 0 Å². The Morgan fingerprint density at radius 2 is 1.22 bits per heavy atom. The minimum absolute atomic E-state index is 0.0384. The number of hydrogen-bond acceptors (Lipinski definition) is 8. The van der Waals surface area contributed by atoms with Crippen LogP contribution in [0.2, 0.25) is 0 Å². The summed E-state index contributed by atoms with van der Waals surface area (Å²) >= 11 is 0. The van der Waals surface area contributed by atoms with Gasteiger partial charge in [-0.3, -0.25) is 13.8 Å². The summed E-state index contributed by atoms with van der Waals surface area (Å²) in [6, 6.07) is 0. The average Bonchev–Trinajstić information content (AvgIpc) is 3.04. The highest BCUT2D eigenvalue weighted by Gasteiger charge is 2.26. The molecule has 0 aromatic carbocycles. The van der Waals surface area contributed by atoms with Crippen molar-refractivity contribution in [3.05, 3.63) is 36.5 Å². The number of allylic oxidation sites excluding steroid dienone is 6. The Labute approximate surface area is 280 Å². The summed E-state index contributed by atoms with van der Waals surface area (Å²) in [6.45, 7) is 3.35. The molecule has 0 rings (SSSR count). The third kappa shape index (κ3) is 32.6. The molecular weight excluding hydrogens is 607 g/mol. The fraction of sp³-hybridized carbons (Fsp3) is 0.806. The zero-order valence-electron chi connectivity index (χ0n) is 29.0. The minimum Gasteiger partial charge on any atom is -0.457 e. The van der Waals surface area contributed by atoms with E-state index in [-0.39, 0.29) is 19.6 Å². The first-order valence-corrected chi connectivity index (χ1v) is 19.5. The van der Waals surface area contributed by atoms with Crippen molar-refractivity contribution in [2.75, 3.05) is 33.0 Å². The number of rotatable bonds is 34. The molecule has 3 atom stereocenters. The predicted octanol–water partition coefficient (Wildman–Crippen LogP) is 8.91. The Bertz CT molecular complexity index is 815. The van der Waals surface area contributed by atoms with E-state index in [4.69, 9.17) is 23.6 Å². The summed E-state index contributed by atoms with van der Waals surface area (Å²) in [5, 5.41) is 18.2. The van der Waals surface area contributed by atoms with Crippen molar-refractivity contribution in [2.24, 2.45) is 0 Å². The fourth-order valence-electron chi connectivity index (χ4n) is 4.49. The molecule has 0 aromatic heterocycles. The number of phosphoric acid groups is 1. The van der Waals surface area contributed by atoms with Crippen molar-refractivity contribution in [3.63, 3.8) is 0 Å². The highest BCUT2D eigenvalue weighted by molar-refractivity contribution is 7.47. The van der Waals surface area contributed by atoms with E-state index in [9.17, 15) is 19.4 Å². The summed E-state index contributed by atoms with van der Waals surface area (Å²) in [6.07, 6.45) is 32.5. The first kappa shape index (κ1) is 44.7. The van der Waals surface area contributed by atoms with E-state index in [2.05, 4.69) is 50.3 Å². The zero-order valence-corrected chi connectivity index (χ0v) is 29.9. The van der Waals surface area contributed by atoms with Gasteiger partial charge in [-0.25, -0.2) is 4.57 Å². The van der Waals surface area contributed by atoms with Gasteiger partial charge in [0.15, 0.2) is 0 Å². The first-order valence-electron chi connectivity index (χ1n) is 18.0. The molecule has 0 radical (unpaired) electrons. The summed E-state index contributed by atoms with van der Waals surface area (Å²) in [7, 11) is -4.51. The molecule has 0 saturated heterocycles. The number of aliphatic hydroxyl groups excluding tert-OH is 2. The number of hydrogen-bond donors (Lipinski definition) is 3. The van der Waals surface area contributed by atoms with Gasteiger partial charge in [0, 0.05) is 13.0 Å². The Kier molecular flexibility index (Phi) is 32.6. The van der Waals surface area contributed by atoms with Crippen LogP contribution in [0.1, 0.15) is 142 Å². The number of aliphatic hydroxyl groups is 2. The third-order valence-corrected chi connectivity index (χ3v) is 8.23. The molecule has 3 unspecified atom stereocenters. The largest absolute Gasteiger partial charge is 0.472 e. The minimum atomic E-state index is -4.51. The number of carbonyl (C=O) groups excluding carboxylic acids is 1. The molecule has 0 aromatic rings. The normalized spacial score (nSPS) is 14.8. The third-order valence-electron chi connectivity index (χ3n) is 7.28. The molecule has 3 N–H and O–H groups in total. The summed E-state index contributed by atoms with van der Waals surface area (Å²) < 4.78 is 33.1. The lowest BCUT2D eigenvalue weighted by Crippen LogP contribution is -2.29. The predicted molar refractivity (Wildman–Crippen MR) is 187 cm³/mol. The van der Waals surface area contributed by atoms with Gasteiger partial charge in [-0.05, 0) is 57.8 Å². The van der Waals surface area contributed by atoms with E-state index in [1.165, 1.54) is 44.9 Å². The molecule has 0 aliphatic heterocycles. The molecule has 270 valence electrons. The molecule has 0 heterocycles. The number of carbonyl (C=O) groups is 1. The molecule has 0 aliphatic carbocycles. The topological polar surface area (TPSA) is 132 Å². The van der Waals surface area contributed by atoms with Crippen LogP contribution in [-0.4, -0.2) is 66.3 Å². The van der Waals surface area contributed by atoms with Gasteiger partial charge >= 0.3 is 13.8 Å². The smallest absolute Gasteiger partial charge is 0.457 e. The Morgan fingerprint density at radius 1 is 0.674 bits per heavy atom. The van der Waals surface area contributed by atoms with Crippen LogP contribution in [0.4, 0.5) is 0 Å². The van der Waals surface area contributed by atoms with Crippen LogP contribution in [0.3, 0.4) is 0 Å². The van der Waals surface area contributed by atoms with Crippen LogP contribution in [0, 0.1) is 0 Å². The second-order valence-corrected chi connectivity index (χ2v) is 13.3. The van der Waals surface area contributed by atoms with Crippen LogP contribution in [0.25, 0.3) is 0 Å². The second kappa shape index (κ2) is 33.6. The molecule has 9 nitrogen and oxygen atoms in total. The van der Waals surface area contributed by atoms with Crippen molar-refractivity contribution in [3.8, 4) is 0 Å². The number of phosphoric ester groups is 1. The van der Waals surface area contributed by atoms with Gasteiger partial charge < -0.3 is 24.6 Å². The second-order valence-electron chi connectivity index (χ2n) is 11.9. The molecule has 46 heavy (non-hydrogen) atoms. The quantitative estimate of drug-likeness (QED) is 0.0265. The molecule has 0 fully saturated rings. The van der Waals surface area contributed by atoms with E-state index in [1.807, 2.05) is 0 Å². The van der Waals surface area contributed by atoms with E-state index >= 15 is 0 Å². The Hall–Kier alpha value is -1.32. The van der Waals surface area contributed by atoms with Gasteiger partial charge in [-0.15, -0.1) is 0 Å². The van der Waals surface area contributed by atoms with Gasteiger partial charge in [0.25, 0.3) is 0 Å². The molecule has 10 heteroatoms. The maximum absolute atomic E-state index is 12.5. The number of unbranched alkanes of at least 4 members (excludes halogenated alkanes) is 14. The van der Waals surface area contributed by atoms with E-state index < -0.39 is 39.2 Å². The summed E-state index contributed by atoms with van der Waals surface area (Å²) in [5.41, 5.74) is 0.